The minimum absolute atomic E-state index is 0.462. The maximum absolute atomic E-state index is 2.67. The molecule has 1 heterocycles. The van der Waals surface area contributed by atoms with Crippen molar-refractivity contribution in [2.45, 2.75) is 110 Å². The lowest BCUT2D eigenvalue weighted by Crippen LogP contribution is -2.42. The number of nitrogens with zero attached hydrogens (tertiary/aromatic N) is 2. The number of imidazole rings is 1. The van der Waals surface area contributed by atoms with Gasteiger partial charge < -0.3 is 0 Å². The average molecular weight is 460 g/mol. The van der Waals surface area contributed by atoms with Crippen molar-refractivity contribution in [2.75, 3.05) is 0 Å². The Morgan fingerprint density at radius 2 is 1.32 bits per heavy atom. The molecule has 0 aliphatic rings. The fourth-order valence-corrected chi connectivity index (χ4v) is 5.07. The molecule has 3 aromatic rings. The number of hydrogen-bond donors (Lipinski definition) is 0. The van der Waals surface area contributed by atoms with Gasteiger partial charge in [0.2, 0.25) is 0 Å². The number of aromatic nitrogens is 2. The molecule has 0 saturated carbocycles. The van der Waals surface area contributed by atoms with Crippen LogP contribution < -0.4 is 4.57 Å². The van der Waals surface area contributed by atoms with Gasteiger partial charge >= 0.3 is 0 Å². The largest absolute Gasteiger partial charge is 0.261 e. The molecule has 0 radical (unpaired) electrons. The molecule has 0 bridgehead atoms. The van der Waals surface area contributed by atoms with Crippen LogP contribution in [0.15, 0.2) is 66.9 Å². The molecular weight excluding hydrogens is 412 g/mol. The van der Waals surface area contributed by atoms with Gasteiger partial charge in [-0.2, -0.15) is 0 Å². The molecule has 2 nitrogen and oxygen atoms in total. The van der Waals surface area contributed by atoms with E-state index < -0.39 is 0 Å². The third kappa shape index (κ3) is 7.86. The molecule has 2 heteroatoms. The first-order valence-corrected chi connectivity index (χ1v) is 13.8. The first-order valence-electron chi connectivity index (χ1n) is 13.8. The SMILES string of the molecule is CCCCCCCCCC[n+]1c(CC(C)c2ccccc2)cn(C(C)C)c1Cc1ccccc1. The summed E-state index contributed by atoms with van der Waals surface area (Å²) in [7, 11) is 0. The molecule has 2 aromatic carbocycles. The van der Waals surface area contributed by atoms with Gasteiger partial charge in [-0.05, 0) is 43.7 Å². The van der Waals surface area contributed by atoms with Crippen molar-refractivity contribution in [1.29, 1.82) is 0 Å². The molecule has 0 N–H and O–H groups in total. The lowest BCUT2D eigenvalue weighted by Gasteiger charge is -2.12. The summed E-state index contributed by atoms with van der Waals surface area (Å²) in [5.41, 5.74) is 4.32. The first kappa shape index (κ1) is 26.3. The summed E-state index contributed by atoms with van der Waals surface area (Å²) in [6.07, 6.45) is 15.5. The number of benzene rings is 2. The maximum atomic E-state index is 2.67. The average Bonchev–Trinajstić information content (AvgIpc) is 3.18. The quantitative estimate of drug-likeness (QED) is 0.159. The second-order valence-corrected chi connectivity index (χ2v) is 10.3. The van der Waals surface area contributed by atoms with Crippen molar-refractivity contribution < 1.29 is 4.57 Å². The minimum atomic E-state index is 0.462. The second-order valence-electron chi connectivity index (χ2n) is 10.3. The van der Waals surface area contributed by atoms with Crippen molar-refractivity contribution in [2.24, 2.45) is 0 Å². The smallest absolute Gasteiger partial charge is 0.232 e. The summed E-state index contributed by atoms with van der Waals surface area (Å²) < 4.78 is 5.20. The Morgan fingerprint density at radius 3 is 1.94 bits per heavy atom. The Balaban J connectivity index is 1.78. The van der Waals surface area contributed by atoms with Gasteiger partial charge in [0.25, 0.3) is 5.82 Å². The van der Waals surface area contributed by atoms with Crippen LogP contribution in [0.5, 0.6) is 0 Å². The predicted molar refractivity (Wildman–Crippen MR) is 145 cm³/mol. The van der Waals surface area contributed by atoms with E-state index >= 15 is 0 Å². The Labute approximate surface area is 209 Å². The van der Waals surface area contributed by atoms with Crippen LogP contribution >= 0.6 is 0 Å². The fourth-order valence-electron chi connectivity index (χ4n) is 5.07. The van der Waals surface area contributed by atoms with Crippen LogP contribution in [0.3, 0.4) is 0 Å². The standard InChI is InChI=1S/C32H47N2/c1-5-6-7-8-9-10-11-18-23-33-31(24-28(4)30-21-16-13-17-22-30)26-34(27(2)3)32(33)25-29-19-14-12-15-20-29/h12-17,19-22,26-28H,5-11,18,23-25H2,1-4H3/q+1. The molecular formula is C32H47N2+. The fraction of sp³-hybridized carbons (Fsp3) is 0.531. The first-order chi connectivity index (χ1) is 16.6. The molecule has 1 aromatic heterocycles. The van der Waals surface area contributed by atoms with Crippen LogP contribution in [0.25, 0.3) is 0 Å². The second kappa shape index (κ2) is 14.1. The van der Waals surface area contributed by atoms with Crippen molar-refractivity contribution in [3.63, 3.8) is 0 Å². The van der Waals surface area contributed by atoms with Gasteiger partial charge in [-0.1, -0.05) is 113 Å². The van der Waals surface area contributed by atoms with E-state index in [4.69, 9.17) is 0 Å². The Kier molecular flexibility index (Phi) is 10.9. The number of hydrogen-bond acceptors (Lipinski definition) is 0. The molecule has 0 spiro atoms. The van der Waals surface area contributed by atoms with Crippen molar-refractivity contribution in [3.8, 4) is 0 Å². The van der Waals surface area contributed by atoms with Gasteiger partial charge in [0, 0.05) is 6.42 Å². The highest BCUT2D eigenvalue weighted by molar-refractivity contribution is 5.21. The van der Waals surface area contributed by atoms with Crippen molar-refractivity contribution >= 4 is 0 Å². The molecule has 0 fully saturated rings. The van der Waals surface area contributed by atoms with Crippen LogP contribution in [0.1, 0.15) is 114 Å². The molecule has 184 valence electrons. The zero-order chi connectivity index (χ0) is 24.2. The lowest BCUT2D eigenvalue weighted by molar-refractivity contribution is -0.710. The Bertz CT molecular complexity index is 940. The summed E-state index contributed by atoms with van der Waals surface area (Å²) in [4.78, 5) is 0. The molecule has 34 heavy (non-hydrogen) atoms. The minimum Gasteiger partial charge on any atom is -0.232 e. The van der Waals surface area contributed by atoms with E-state index in [1.165, 1.54) is 74.0 Å². The van der Waals surface area contributed by atoms with E-state index in [1.807, 2.05) is 0 Å². The summed E-state index contributed by atoms with van der Waals surface area (Å²) in [6.45, 7) is 10.4. The third-order valence-electron chi connectivity index (χ3n) is 7.13. The normalized spacial score (nSPS) is 12.4. The number of unbranched alkanes of at least 4 members (excludes halogenated alkanes) is 7. The zero-order valence-electron chi connectivity index (χ0n) is 22.2. The van der Waals surface area contributed by atoms with Crippen LogP contribution in [-0.4, -0.2) is 4.57 Å². The topological polar surface area (TPSA) is 8.81 Å². The molecule has 1 unspecified atom stereocenters. The van der Waals surface area contributed by atoms with Gasteiger partial charge in [-0.25, -0.2) is 9.13 Å². The summed E-state index contributed by atoms with van der Waals surface area (Å²) in [5.74, 6) is 1.97. The zero-order valence-corrected chi connectivity index (χ0v) is 22.2. The van der Waals surface area contributed by atoms with Crippen LogP contribution in [0.4, 0.5) is 0 Å². The van der Waals surface area contributed by atoms with Crippen molar-refractivity contribution in [1.82, 2.24) is 4.57 Å². The highest BCUT2D eigenvalue weighted by Crippen LogP contribution is 2.22. The highest BCUT2D eigenvalue weighted by Gasteiger charge is 2.26. The molecule has 1 atom stereocenters. The molecule has 0 amide bonds. The third-order valence-corrected chi connectivity index (χ3v) is 7.13. The summed E-state index contributed by atoms with van der Waals surface area (Å²) in [6, 6.07) is 22.5. The lowest BCUT2D eigenvalue weighted by atomic mass is 9.96. The van der Waals surface area contributed by atoms with Crippen LogP contribution in [0.2, 0.25) is 0 Å². The van der Waals surface area contributed by atoms with Crippen LogP contribution in [0, 0.1) is 0 Å². The molecule has 0 saturated heterocycles. The van der Waals surface area contributed by atoms with Gasteiger partial charge in [-0.15, -0.1) is 0 Å². The Morgan fingerprint density at radius 1 is 0.735 bits per heavy atom. The van der Waals surface area contributed by atoms with E-state index in [0.717, 1.165) is 19.4 Å². The predicted octanol–water partition coefficient (Wildman–Crippen LogP) is 8.43. The molecule has 0 aliphatic heterocycles. The molecule has 3 rings (SSSR count). The monoisotopic (exact) mass is 459 g/mol. The van der Waals surface area contributed by atoms with Gasteiger partial charge in [-0.3, -0.25) is 0 Å². The molecule has 0 aliphatic carbocycles. The maximum Gasteiger partial charge on any atom is 0.261 e. The summed E-state index contributed by atoms with van der Waals surface area (Å²) >= 11 is 0. The van der Waals surface area contributed by atoms with Gasteiger partial charge in [0.1, 0.15) is 11.9 Å². The van der Waals surface area contributed by atoms with E-state index in [-0.39, 0.29) is 0 Å². The van der Waals surface area contributed by atoms with Gasteiger partial charge in [0.15, 0.2) is 0 Å². The van der Waals surface area contributed by atoms with Gasteiger partial charge in [0.05, 0.1) is 19.0 Å². The Hall–Kier alpha value is -2.35. The number of rotatable bonds is 15. The summed E-state index contributed by atoms with van der Waals surface area (Å²) in [5, 5.41) is 0. The van der Waals surface area contributed by atoms with E-state index in [0.29, 0.717) is 12.0 Å². The van der Waals surface area contributed by atoms with E-state index in [2.05, 4.69) is 104 Å². The van der Waals surface area contributed by atoms with Crippen molar-refractivity contribution in [3.05, 3.63) is 89.5 Å². The van der Waals surface area contributed by atoms with Crippen LogP contribution in [-0.2, 0) is 19.4 Å². The highest BCUT2D eigenvalue weighted by atomic mass is 15.2. The van der Waals surface area contributed by atoms with E-state index in [9.17, 15) is 0 Å². The van der Waals surface area contributed by atoms with E-state index in [1.54, 1.807) is 0 Å².